The van der Waals surface area contributed by atoms with Crippen molar-refractivity contribution in [3.8, 4) is 11.3 Å². The van der Waals surface area contributed by atoms with E-state index in [1.54, 1.807) is 6.20 Å². The highest BCUT2D eigenvalue weighted by atomic mass is 35.5. The average Bonchev–Trinajstić information content (AvgIpc) is 3.37. The Morgan fingerprint density at radius 3 is 2.74 bits per heavy atom. The number of ether oxygens (including phenoxy) is 1. The molecule has 3 N–H and O–H groups in total. The van der Waals surface area contributed by atoms with Crippen LogP contribution in [0.15, 0.2) is 49.3 Å². The number of carbonyl (C=O) groups is 2. The van der Waals surface area contributed by atoms with E-state index in [1.165, 1.54) is 6.08 Å². The van der Waals surface area contributed by atoms with Crippen molar-refractivity contribution in [1.29, 1.82) is 0 Å². The molecule has 0 unspecified atom stereocenters. The summed E-state index contributed by atoms with van der Waals surface area (Å²) in [6.45, 7) is 10.7. The normalized spacial score (nSPS) is 21.6. The SMILES string of the molecule is C=CC(=O)N1CCC(C[C@@]2(NC(=O)OC(C)(C)C)CCC[C@@H](Nc3ncc(Cl)c(-c4c[nH]c5ccccc45)n3)C2)CC1. The second-order valence-electron chi connectivity index (χ2n) is 12.7. The van der Waals surface area contributed by atoms with E-state index in [9.17, 15) is 9.59 Å². The molecule has 2 fully saturated rings. The molecule has 2 aromatic heterocycles. The van der Waals surface area contributed by atoms with E-state index in [0.717, 1.165) is 55.0 Å². The highest BCUT2D eigenvalue weighted by molar-refractivity contribution is 6.33. The summed E-state index contributed by atoms with van der Waals surface area (Å²) in [6, 6.07) is 8.10. The summed E-state index contributed by atoms with van der Waals surface area (Å²) in [6.07, 6.45) is 10.6. The van der Waals surface area contributed by atoms with Crippen LogP contribution in [0.2, 0.25) is 5.02 Å². The summed E-state index contributed by atoms with van der Waals surface area (Å²) < 4.78 is 5.70. The van der Waals surface area contributed by atoms with Crippen LogP contribution in [0, 0.1) is 5.92 Å². The maximum Gasteiger partial charge on any atom is 0.408 e. The second kappa shape index (κ2) is 12.3. The largest absolute Gasteiger partial charge is 0.444 e. The highest BCUT2D eigenvalue weighted by Gasteiger charge is 2.41. The molecule has 1 saturated carbocycles. The number of hydrogen-bond acceptors (Lipinski definition) is 6. The van der Waals surface area contributed by atoms with Crippen molar-refractivity contribution >= 4 is 40.5 Å². The number of aromatic amines is 1. The Labute approximate surface area is 252 Å². The minimum absolute atomic E-state index is 0.0213. The number of hydrogen-bond donors (Lipinski definition) is 3. The first-order valence-corrected chi connectivity index (χ1v) is 15.2. The molecular formula is C32H41ClN6O3. The van der Waals surface area contributed by atoms with Crippen LogP contribution >= 0.6 is 11.6 Å². The third-order valence-corrected chi connectivity index (χ3v) is 8.59. The van der Waals surface area contributed by atoms with Gasteiger partial charge in [-0.3, -0.25) is 4.79 Å². The number of anilines is 1. The van der Waals surface area contributed by atoms with E-state index < -0.39 is 17.2 Å². The lowest BCUT2D eigenvalue weighted by Gasteiger charge is -2.45. The van der Waals surface area contributed by atoms with E-state index in [0.29, 0.717) is 42.1 Å². The standard InChI is InChI=1S/C32H41ClN6O3/c1-5-27(40)39-15-12-21(13-16-39)17-32(38-30(41)42-31(2,3)4)14-8-9-22(18-32)36-29-35-20-25(33)28(37-29)24-19-34-26-11-7-6-10-23(24)26/h5-7,10-11,19-22,34H,1,8-9,12-18H2,2-4H3,(H,38,41)(H,35,36,37)/t22-,32+/m1/s1. The summed E-state index contributed by atoms with van der Waals surface area (Å²) in [4.78, 5) is 39.7. The number of fused-ring (bicyclic) bond motifs is 1. The molecule has 2 amide bonds. The number of alkyl carbamates (subject to hydrolysis) is 1. The lowest BCUT2D eigenvalue weighted by Crippen LogP contribution is -2.56. The van der Waals surface area contributed by atoms with Crippen LogP contribution in [-0.4, -0.2) is 62.1 Å². The Balaban J connectivity index is 1.34. The van der Waals surface area contributed by atoms with Gasteiger partial charge >= 0.3 is 6.09 Å². The molecule has 0 bridgehead atoms. The fraction of sp³-hybridized carbons (Fsp3) is 0.500. The number of aromatic nitrogens is 3. The molecule has 0 radical (unpaired) electrons. The van der Waals surface area contributed by atoms with Gasteiger partial charge in [-0.1, -0.05) is 36.4 Å². The van der Waals surface area contributed by atoms with Crippen molar-refractivity contribution in [2.75, 3.05) is 18.4 Å². The summed E-state index contributed by atoms with van der Waals surface area (Å²) in [5.41, 5.74) is 1.57. The van der Waals surface area contributed by atoms with Gasteiger partial charge in [0.05, 0.1) is 16.9 Å². The Hall–Kier alpha value is -3.59. The molecule has 2 aliphatic rings. The van der Waals surface area contributed by atoms with E-state index in [2.05, 4.69) is 27.2 Å². The second-order valence-corrected chi connectivity index (χ2v) is 13.1. The first-order valence-electron chi connectivity index (χ1n) is 14.8. The van der Waals surface area contributed by atoms with Crippen LogP contribution in [-0.2, 0) is 9.53 Å². The zero-order chi connectivity index (χ0) is 29.9. The third-order valence-electron chi connectivity index (χ3n) is 8.31. The third kappa shape index (κ3) is 7.06. The number of rotatable bonds is 7. The molecule has 224 valence electrons. The number of amides is 2. The number of H-pyrrole nitrogens is 1. The predicted molar refractivity (Wildman–Crippen MR) is 166 cm³/mol. The van der Waals surface area contributed by atoms with Crippen LogP contribution in [0.1, 0.15) is 65.7 Å². The number of benzene rings is 1. The van der Waals surface area contributed by atoms with Crippen molar-refractivity contribution in [2.24, 2.45) is 5.92 Å². The first kappa shape index (κ1) is 29.9. The van der Waals surface area contributed by atoms with Crippen molar-refractivity contribution in [3.63, 3.8) is 0 Å². The number of para-hydroxylation sites is 1. The maximum absolute atomic E-state index is 13.1. The van der Waals surface area contributed by atoms with Crippen LogP contribution in [0.4, 0.5) is 10.7 Å². The number of halogens is 1. The first-order chi connectivity index (χ1) is 20.0. The highest BCUT2D eigenvalue weighted by Crippen LogP contribution is 2.39. The zero-order valence-corrected chi connectivity index (χ0v) is 25.5. The van der Waals surface area contributed by atoms with E-state index in [4.69, 9.17) is 21.3 Å². The van der Waals surface area contributed by atoms with E-state index >= 15 is 0 Å². The molecule has 1 aliphatic carbocycles. The summed E-state index contributed by atoms with van der Waals surface area (Å²) in [5, 5.41) is 8.38. The summed E-state index contributed by atoms with van der Waals surface area (Å²) >= 11 is 6.58. The Kier molecular flexibility index (Phi) is 8.78. The van der Waals surface area contributed by atoms with E-state index in [1.807, 2.05) is 56.1 Å². The lowest BCUT2D eigenvalue weighted by atomic mass is 9.72. The fourth-order valence-electron chi connectivity index (χ4n) is 6.47. The van der Waals surface area contributed by atoms with Crippen LogP contribution in [0.25, 0.3) is 22.2 Å². The number of likely N-dealkylation sites (tertiary alicyclic amines) is 1. The Morgan fingerprint density at radius 1 is 1.24 bits per heavy atom. The number of carbonyl (C=O) groups excluding carboxylic acids is 2. The minimum atomic E-state index is -0.593. The van der Waals surface area contributed by atoms with Gasteiger partial charge in [-0.05, 0) is 83.8 Å². The van der Waals surface area contributed by atoms with Gasteiger partial charge in [0.25, 0.3) is 0 Å². The average molecular weight is 593 g/mol. The lowest BCUT2D eigenvalue weighted by molar-refractivity contribution is -0.127. The number of nitrogens with one attached hydrogen (secondary N) is 3. The van der Waals surface area contributed by atoms with E-state index in [-0.39, 0.29) is 11.9 Å². The quantitative estimate of drug-likeness (QED) is 0.263. The van der Waals surface area contributed by atoms with Crippen molar-refractivity contribution in [2.45, 2.75) is 82.9 Å². The molecule has 10 heteroatoms. The van der Waals surface area contributed by atoms with Gasteiger partial charge in [0.2, 0.25) is 11.9 Å². The molecule has 2 atom stereocenters. The van der Waals surface area contributed by atoms with Gasteiger partial charge in [-0.15, -0.1) is 0 Å². The molecule has 9 nitrogen and oxygen atoms in total. The fourth-order valence-corrected chi connectivity index (χ4v) is 6.66. The van der Waals surface area contributed by atoms with Crippen molar-refractivity contribution < 1.29 is 14.3 Å². The van der Waals surface area contributed by atoms with Crippen molar-refractivity contribution in [3.05, 3.63) is 54.3 Å². The van der Waals surface area contributed by atoms with Gasteiger partial charge in [0.1, 0.15) is 5.60 Å². The van der Waals surface area contributed by atoms with Gasteiger partial charge in [0.15, 0.2) is 0 Å². The number of nitrogens with zero attached hydrogens (tertiary/aromatic N) is 3. The molecule has 5 rings (SSSR count). The smallest absolute Gasteiger partial charge is 0.408 e. The monoisotopic (exact) mass is 592 g/mol. The summed E-state index contributed by atoms with van der Waals surface area (Å²) in [7, 11) is 0. The molecule has 1 saturated heterocycles. The van der Waals surface area contributed by atoms with Crippen molar-refractivity contribution in [1.82, 2.24) is 25.2 Å². The minimum Gasteiger partial charge on any atom is -0.444 e. The molecular weight excluding hydrogens is 552 g/mol. The Morgan fingerprint density at radius 2 is 2.00 bits per heavy atom. The topological polar surface area (TPSA) is 112 Å². The van der Waals surface area contributed by atoms with Gasteiger partial charge in [-0.2, -0.15) is 0 Å². The predicted octanol–water partition coefficient (Wildman–Crippen LogP) is 6.71. The van der Waals surface area contributed by atoms with Crippen LogP contribution in [0.5, 0.6) is 0 Å². The molecule has 42 heavy (non-hydrogen) atoms. The molecule has 3 aromatic rings. The molecule has 1 aromatic carbocycles. The number of piperidine rings is 1. The van der Waals surface area contributed by atoms with Gasteiger partial charge in [-0.25, -0.2) is 14.8 Å². The molecule has 0 spiro atoms. The molecule has 1 aliphatic heterocycles. The van der Waals surface area contributed by atoms with Crippen LogP contribution in [0.3, 0.4) is 0 Å². The Bertz CT molecular complexity index is 1440. The van der Waals surface area contributed by atoms with Gasteiger partial charge in [0, 0.05) is 47.3 Å². The summed E-state index contributed by atoms with van der Waals surface area (Å²) in [5.74, 6) is 0.869. The van der Waals surface area contributed by atoms with Crippen LogP contribution < -0.4 is 10.6 Å². The maximum atomic E-state index is 13.1. The zero-order valence-electron chi connectivity index (χ0n) is 24.7. The molecule has 3 heterocycles. The van der Waals surface area contributed by atoms with Gasteiger partial charge < -0.3 is 25.3 Å².